The van der Waals surface area contributed by atoms with Crippen molar-refractivity contribution in [3.05, 3.63) is 23.9 Å². The monoisotopic (exact) mass is 303 g/mol. The van der Waals surface area contributed by atoms with Crippen LogP contribution in [0.3, 0.4) is 0 Å². The molecule has 2 fully saturated rings. The second-order valence-corrected chi connectivity index (χ2v) is 6.54. The summed E-state index contributed by atoms with van der Waals surface area (Å²) in [6, 6.07) is 3.83. The van der Waals surface area contributed by atoms with Gasteiger partial charge in [0.05, 0.1) is 12.5 Å². The van der Waals surface area contributed by atoms with Crippen molar-refractivity contribution in [2.24, 2.45) is 11.8 Å². The highest BCUT2D eigenvalue weighted by Crippen LogP contribution is 2.21. The minimum Gasteiger partial charge on any atom is -0.381 e. The molecule has 1 amide bonds. The van der Waals surface area contributed by atoms with Gasteiger partial charge in [0, 0.05) is 25.9 Å². The Balaban J connectivity index is 1.52. The summed E-state index contributed by atoms with van der Waals surface area (Å²) in [6.45, 7) is 6.77. The zero-order valence-electron chi connectivity index (χ0n) is 13.3. The molecule has 3 heterocycles. The number of carbonyl (C=O) groups excluding carboxylic acids is 1. The van der Waals surface area contributed by atoms with Crippen LogP contribution in [0.5, 0.6) is 0 Å². The minimum absolute atomic E-state index is 0.0687. The molecule has 1 aromatic rings. The fourth-order valence-electron chi connectivity index (χ4n) is 3.30. The largest absolute Gasteiger partial charge is 0.381 e. The Kier molecular flexibility index (Phi) is 5.05. The first-order valence-electron chi connectivity index (χ1n) is 8.24. The van der Waals surface area contributed by atoms with E-state index in [0.29, 0.717) is 11.7 Å². The molecule has 3 rings (SSSR count). The number of pyridine rings is 1. The summed E-state index contributed by atoms with van der Waals surface area (Å²) in [6.07, 6.45) is 4.99. The Hall–Kier alpha value is -1.46. The molecule has 0 saturated carbocycles. The summed E-state index contributed by atoms with van der Waals surface area (Å²) in [5.74, 6) is 1.46. The van der Waals surface area contributed by atoms with Crippen molar-refractivity contribution >= 4 is 11.7 Å². The molecule has 120 valence electrons. The summed E-state index contributed by atoms with van der Waals surface area (Å²) in [4.78, 5) is 19.1. The van der Waals surface area contributed by atoms with Crippen LogP contribution in [0.2, 0.25) is 0 Å². The van der Waals surface area contributed by atoms with Crippen LogP contribution in [0.15, 0.2) is 18.3 Å². The van der Waals surface area contributed by atoms with Gasteiger partial charge < -0.3 is 15.0 Å². The zero-order chi connectivity index (χ0) is 15.4. The van der Waals surface area contributed by atoms with Crippen molar-refractivity contribution in [1.29, 1.82) is 0 Å². The van der Waals surface area contributed by atoms with Gasteiger partial charge in [0.15, 0.2) is 0 Å². The number of rotatable bonds is 4. The third-order valence-corrected chi connectivity index (χ3v) is 4.58. The quantitative estimate of drug-likeness (QED) is 0.925. The van der Waals surface area contributed by atoms with Gasteiger partial charge >= 0.3 is 0 Å². The smallest absolute Gasteiger partial charge is 0.229 e. The van der Waals surface area contributed by atoms with Gasteiger partial charge in [-0.05, 0) is 50.3 Å². The van der Waals surface area contributed by atoms with Crippen molar-refractivity contribution in [3.63, 3.8) is 0 Å². The highest BCUT2D eigenvalue weighted by Gasteiger charge is 2.28. The Bertz CT molecular complexity index is 497. The highest BCUT2D eigenvalue weighted by atomic mass is 16.5. The molecule has 0 aliphatic carbocycles. The molecular weight excluding hydrogens is 278 g/mol. The highest BCUT2D eigenvalue weighted by molar-refractivity contribution is 5.91. The van der Waals surface area contributed by atoms with Gasteiger partial charge in [-0.15, -0.1) is 0 Å². The molecule has 2 atom stereocenters. The molecule has 0 aromatic carbocycles. The summed E-state index contributed by atoms with van der Waals surface area (Å²) >= 11 is 0. The van der Waals surface area contributed by atoms with Crippen molar-refractivity contribution in [3.8, 4) is 0 Å². The first-order valence-corrected chi connectivity index (χ1v) is 8.24. The van der Waals surface area contributed by atoms with Gasteiger partial charge in [-0.3, -0.25) is 4.79 Å². The number of likely N-dealkylation sites (tertiary alicyclic amines) is 1. The van der Waals surface area contributed by atoms with Crippen molar-refractivity contribution < 1.29 is 9.53 Å². The Morgan fingerprint density at radius 1 is 1.45 bits per heavy atom. The summed E-state index contributed by atoms with van der Waals surface area (Å²) in [5, 5.41) is 2.95. The van der Waals surface area contributed by atoms with E-state index >= 15 is 0 Å². The predicted molar refractivity (Wildman–Crippen MR) is 85.7 cm³/mol. The molecule has 2 aliphatic rings. The lowest BCUT2D eigenvalue weighted by Crippen LogP contribution is -2.42. The third kappa shape index (κ3) is 4.05. The molecule has 2 unspecified atom stereocenters. The molecule has 1 N–H and O–H groups in total. The SMILES string of the molecule is Cc1ccc(NC(=O)C2CCCN(CC3CCOC3)C2)nc1. The number of aryl methyl sites for hydroxylation is 1. The number of hydrogen-bond acceptors (Lipinski definition) is 4. The molecule has 1 aromatic heterocycles. The van der Waals surface area contributed by atoms with E-state index in [1.165, 1.54) is 0 Å². The number of aromatic nitrogens is 1. The van der Waals surface area contributed by atoms with Gasteiger partial charge in [-0.2, -0.15) is 0 Å². The van der Waals surface area contributed by atoms with Crippen LogP contribution >= 0.6 is 0 Å². The number of hydrogen-bond donors (Lipinski definition) is 1. The number of ether oxygens (including phenoxy) is 1. The summed E-state index contributed by atoms with van der Waals surface area (Å²) in [7, 11) is 0. The van der Waals surface area contributed by atoms with Crippen LogP contribution in [-0.4, -0.2) is 48.6 Å². The number of carbonyl (C=O) groups is 1. The maximum atomic E-state index is 12.4. The van der Waals surface area contributed by atoms with Crippen LogP contribution < -0.4 is 5.32 Å². The molecule has 2 aliphatic heterocycles. The fraction of sp³-hybridized carbons (Fsp3) is 0.647. The Morgan fingerprint density at radius 3 is 3.09 bits per heavy atom. The number of nitrogens with zero attached hydrogens (tertiary/aromatic N) is 2. The van der Waals surface area contributed by atoms with Gasteiger partial charge in [-0.25, -0.2) is 4.98 Å². The van der Waals surface area contributed by atoms with Gasteiger partial charge in [0.2, 0.25) is 5.91 Å². The molecule has 22 heavy (non-hydrogen) atoms. The predicted octanol–water partition coefficient (Wildman–Crippen LogP) is 2.08. The van der Waals surface area contributed by atoms with E-state index in [1.807, 2.05) is 19.1 Å². The van der Waals surface area contributed by atoms with Gasteiger partial charge in [-0.1, -0.05) is 6.07 Å². The molecule has 0 bridgehead atoms. The van der Waals surface area contributed by atoms with Crippen LogP contribution in [-0.2, 0) is 9.53 Å². The van der Waals surface area contributed by atoms with E-state index in [9.17, 15) is 4.79 Å². The van der Waals surface area contributed by atoms with Crippen molar-refractivity contribution in [2.45, 2.75) is 26.2 Å². The molecular formula is C17H25N3O2. The van der Waals surface area contributed by atoms with E-state index < -0.39 is 0 Å². The van der Waals surface area contributed by atoms with Crippen LogP contribution in [0.1, 0.15) is 24.8 Å². The summed E-state index contributed by atoms with van der Waals surface area (Å²) < 4.78 is 5.45. The van der Waals surface area contributed by atoms with E-state index in [2.05, 4.69) is 15.2 Å². The number of piperidine rings is 1. The van der Waals surface area contributed by atoms with E-state index in [0.717, 1.165) is 57.7 Å². The van der Waals surface area contributed by atoms with Crippen LogP contribution in [0.25, 0.3) is 0 Å². The number of amides is 1. The molecule has 5 nitrogen and oxygen atoms in total. The molecule has 2 saturated heterocycles. The van der Waals surface area contributed by atoms with Crippen LogP contribution in [0, 0.1) is 18.8 Å². The number of anilines is 1. The van der Waals surface area contributed by atoms with Gasteiger partial charge in [0.1, 0.15) is 5.82 Å². The minimum atomic E-state index is 0.0687. The fourth-order valence-corrected chi connectivity index (χ4v) is 3.30. The van der Waals surface area contributed by atoms with E-state index in [1.54, 1.807) is 6.20 Å². The molecule has 0 radical (unpaired) electrons. The normalized spacial score (nSPS) is 26.0. The van der Waals surface area contributed by atoms with Crippen molar-refractivity contribution in [2.75, 3.05) is 38.2 Å². The lowest BCUT2D eigenvalue weighted by Gasteiger charge is -2.33. The average molecular weight is 303 g/mol. The van der Waals surface area contributed by atoms with Crippen molar-refractivity contribution in [1.82, 2.24) is 9.88 Å². The average Bonchev–Trinajstić information content (AvgIpc) is 3.03. The standard InChI is InChI=1S/C17H25N3O2/c1-13-4-5-16(18-9-13)19-17(21)15-3-2-7-20(11-15)10-14-6-8-22-12-14/h4-5,9,14-15H,2-3,6-8,10-12H2,1H3,(H,18,19,21). The summed E-state index contributed by atoms with van der Waals surface area (Å²) in [5.41, 5.74) is 1.10. The first-order chi connectivity index (χ1) is 10.7. The maximum absolute atomic E-state index is 12.4. The maximum Gasteiger partial charge on any atom is 0.229 e. The van der Waals surface area contributed by atoms with E-state index in [-0.39, 0.29) is 11.8 Å². The van der Waals surface area contributed by atoms with Crippen LogP contribution in [0.4, 0.5) is 5.82 Å². The zero-order valence-corrected chi connectivity index (χ0v) is 13.3. The Morgan fingerprint density at radius 2 is 2.36 bits per heavy atom. The topological polar surface area (TPSA) is 54.5 Å². The van der Waals surface area contributed by atoms with Gasteiger partial charge in [0.25, 0.3) is 0 Å². The number of nitrogens with one attached hydrogen (secondary N) is 1. The lowest BCUT2D eigenvalue weighted by atomic mass is 9.96. The third-order valence-electron chi connectivity index (χ3n) is 4.58. The molecule has 5 heteroatoms. The Labute approximate surface area is 132 Å². The van der Waals surface area contributed by atoms with E-state index in [4.69, 9.17) is 4.74 Å². The first kappa shape index (κ1) is 15.4. The second kappa shape index (κ2) is 7.20. The molecule has 0 spiro atoms. The lowest BCUT2D eigenvalue weighted by molar-refractivity contribution is -0.121. The second-order valence-electron chi connectivity index (χ2n) is 6.54.